The molecule has 0 saturated heterocycles. The van der Waals surface area contributed by atoms with E-state index in [0.717, 1.165) is 11.6 Å². The van der Waals surface area contributed by atoms with Crippen LogP contribution in [-0.4, -0.2) is 24.1 Å². The molecule has 0 bridgehead atoms. The van der Waals surface area contributed by atoms with Gasteiger partial charge in [0.15, 0.2) is 0 Å². The summed E-state index contributed by atoms with van der Waals surface area (Å²) in [4.78, 5) is 10.5. The highest BCUT2D eigenvalue weighted by molar-refractivity contribution is 6.19. The van der Waals surface area contributed by atoms with Crippen molar-refractivity contribution < 1.29 is 14.6 Å². The van der Waals surface area contributed by atoms with E-state index in [1.807, 2.05) is 0 Å². The van der Waals surface area contributed by atoms with Crippen LogP contribution in [0.1, 0.15) is 11.1 Å². The summed E-state index contributed by atoms with van der Waals surface area (Å²) in [5.74, 6) is 5.43. The Morgan fingerprint density at radius 3 is 2.94 bits per heavy atom. The van der Waals surface area contributed by atoms with Gasteiger partial charge in [0.2, 0.25) is 0 Å². The molecule has 0 radical (unpaired) electrons. The number of carboxylic acids is 1. The van der Waals surface area contributed by atoms with Crippen molar-refractivity contribution in [3.63, 3.8) is 0 Å². The van der Waals surface area contributed by atoms with Crippen LogP contribution in [0.4, 0.5) is 0 Å². The second-order valence-electron chi connectivity index (χ2n) is 3.06. The van der Waals surface area contributed by atoms with E-state index in [1.165, 1.54) is 13.2 Å². The summed E-state index contributed by atoms with van der Waals surface area (Å²) < 4.78 is 5.12. The van der Waals surface area contributed by atoms with Crippen LogP contribution in [-0.2, 0) is 4.79 Å². The Morgan fingerprint density at radius 1 is 1.59 bits per heavy atom. The van der Waals surface area contributed by atoms with E-state index < -0.39 is 5.97 Å². The van der Waals surface area contributed by atoms with Crippen LogP contribution in [0, 0.1) is 11.8 Å². The molecule has 0 heterocycles. The van der Waals surface area contributed by atoms with E-state index >= 15 is 0 Å². The highest BCUT2D eigenvalue weighted by Gasteiger charge is 2.01. The number of alkyl halides is 1. The first kappa shape index (κ1) is 13.1. The fraction of sp³-hybridized carbons (Fsp3) is 0.154. The third kappa shape index (κ3) is 4.21. The zero-order valence-corrected chi connectivity index (χ0v) is 9.99. The van der Waals surface area contributed by atoms with Gasteiger partial charge in [-0.2, -0.15) is 0 Å². The monoisotopic (exact) mass is 250 g/mol. The Kier molecular flexibility index (Phi) is 5.12. The maximum Gasteiger partial charge on any atom is 0.328 e. The van der Waals surface area contributed by atoms with E-state index in [1.54, 1.807) is 18.2 Å². The second kappa shape index (κ2) is 6.62. The van der Waals surface area contributed by atoms with E-state index in [2.05, 4.69) is 11.8 Å². The molecule has 1 N–H and O–H groups in total. The zero-order valence-electron chi connectivity index (χ0n) is 9.24. The molecule has 17 heavy (non-hydrogen) atoms. The normalized spacial score (nSPS) is 9.76. The van der Waals surface area contributed by atoms with Crippen LogP contribution >= 0.6 is 11.6 Å². The lowest BCUT2D eigenvalue weighted by Gasteiger charge is -2.04. The third-order valence-electron chi connectivity index (χ3n) is 1.93. The molecular formula is C13H11ClO3. The van der Waals surface area contributed by atoms with Crippen LogP contribution in [0.2, 0.25) is 0 Å². The molecule has 0 aliphatic rings. The van der Waals surface area contributed by atoms with Crippen molar-refractivity contribution in [3.05, 3.63) is 35.4 Å². The molecule has 0 unspecified atom stereocenters. The highest BCUT2D eigenvalue weighted by Crippen LogP contribution is 2.20. The largest absolute Gasteiger partial charge is 0.496 e. The first-order chi connectivity index (χ1) is 8.17. The average Bonchev–Trinajstić information content (AvgIpc) is 2.33. The molecule has 0 fully saturated rings. The predicted molar refractivity (Wildman–Crippen MR) is 67.3 cm³/mol. The van der Waals surface area contributed by atoms with Crippen molar-refractivity contribution in [2.75, 3.05) is 13.0 Å². The maximum absolute atomic E-state index is 10.5. The van der Waals surface area contributed by atoms with Gasteiger partial charge in [-0.25, -0.2) is 4.79 Å². The highest BCUT2D eigenvalue weighted by atomic mass is 35.5. The van der Waals surface area contributed by atoms with E-state index in [-0.39, 0.29) is 5.88 Å². The molecule has 0 aliphatic heterocycles. The number of benzene rings is 1. The molecular weight excluding hydrogens is 240 g/mol. The summed E-state index contributed by atoms with van der Waals surface area (Å²) in [5, 5.41) is 8.58. The summed E-state index contributed by atoms with van der Waals surface area (Å²) in [6.07, 6.45) is 2.52. The van der Waals surface area contributed by atoms with Crippen molar-refractivity contribution in [1.82, 2.24) is 0 Å². The van der Waals surface area contributed by atoms with E-state index in [0.29, 0.717) is 11.3 Å². The van der Waals surface area contributed by atoms with Gasteiger partial charge < -0.3 is 9.84 Å². The summed E-state index contributed by atoms with van der Waals surface area (Å²) >= 11 is 5.46. The number of ether oxygens (including phenoxy) is 1. The van der Waals surface area contributed by atoms with Crippen molar-refractivity contribution in [1.29, 1.82) is 0 Å². The molecule has 3 nitrogen and oxygen atoms in total. The van der Waals surface area contributed by atoms with Crippen LogP contribution in [0.5, 0.6) is 5.75 Å². The molecule has 1 aromatic rings. The summed E-state index contributed by atoms with van der Waals surface area (Å²) in [6, 6.07) is 5.27. The minimum atomic E-state index is -1.01. The van der Waals surface area contributed by atoms with Crippen LogP contribution in [0.15, 0.2) is 24.3 Å². The van der Waals surface area contributed by atoms with Crippen molar-refractivity contribution in [2.45, 2.75) is 0 Å². The molecule has 0 saturated carbocycles. The smallest absolute Gasteiger partial charge is 0.328 e. The zero-order chi connectivity index (χ0) is 12.7. The Bertz CT molecular complexity index is 495. The van der Waals surface area contributed by atoms with Gasteiger partial charge in [0.25, 0.3) is 0 Å². The van der Waals surface area contributed by atoms with Gasteiger partial charge in [0, 0.05) is 17.2 Å². The lowest BCUT2D eigenvalue weighted by atomic mass is 10.1. The first-order valence-electron chi connectivity index (χ1n) is 4.81. The van der Waals surface area contributed by atoms with Gasteiger partial charge in [0.05, 0.1) is 13.0 Å². The SMILES string of the molecule is COc1ccc(C#CCCl)cc1/C=C/C(=O)O. The Labute approximate surface area is 105 Å². The number of rotatable bonds is 3. The third-order valence-corrected chi connectivity index (χ3v) is 2.07. The van der Waals surface area contributed by atoms with Crippen molar-refractivity contribution >= 4 is 23.6 Å². The molecule has 0 atom stereocenters. The molecule has 4 heteroatoms. The Hall–Kier alpha value is -1.92. The van der Waals surface area contributed by atoms with Gasteiger partial charge in [-0.1, -0.05) is 11.8 Å². The Morgan fingerprint density at radius 2 is 2.35 bits per heavy atom. The average molecular weight is 251 g/mol. The van der Waals surface area contributed by atoms with Gasteiger partial charge >= 0.3 is 5.97 Å². The molecule has 0 amide bonds. The molecule has 0 spiro atoms. The van der Waals surface area contributed by atoms with Crippen molar-refractivity contribution in [2.24, 2.45) is 0 Å². The van der Waals surface area contributed by atoms with Gasteiger partial charge in [-0.15, -0.1) is 11.6 Å². The summed E-state index contributed by atoms with van der Waals surface area (Å²) in [7, 11) is 1.53. The number of carboxylic acid groups (broad SMARTS) is 1. The molecule has 1 aromatic carbocycles. The predicted octanol–water partition coefficient (Wildman–Crippen LogP) is 2.38. The van der Waals surface area contributed by atoms with Crippen LogP contribution in [0.3, 0.4) is 0 Å². The Balaban J connectivity index is 3.10. The fourth-order valence-electron chi connectivity index (χ4n) is 1.24. The fourth-order valence-corrected chi connectivity index (χ4v) is 1.31. The standard InChI is InChI=1S/C13H11ClO3/c1-17-12-6-4-10(3-2-8-14)9-11(12)5-7-13(15)16/h4-7,9H,8H2,1H3,(H,15,16)/b7-5+. The number of halogens is 1. The maximum atomic E-state index is 10.5. The molecule has 0 aliphatic carbocycles. The molecule has 1 rings (SSSR count). The summed E-state index contributed by atoms with van der Waals surface area (Å²) in [6.45, 7) is 0. The number of carbonyl (C=O) groups is 1. The van der Waals surface area contributed by atoms with Crippen molar-refractivity contribution in [3.8, 4) is 17.6 Å². The number of hydrogen-bond acceptors (Lipinski definition) is 2. The van der Waals surface area contributed by atoms with Crippen LogP contribution < -0.4 is 4.74 Å². The lowest BCUT2D eigenvalue weighted by molar-refractivity contribution is -0.131. The van der Waals surface area contributed by atoms with E-state index in [4.69, 9.17) is 21.4 Å². The minimum absolute atomic E-state index is 0.256. The van der Waals surface area contributed by atoms with E-state index in [9.17, 15) is 4.79 Å². The lowest BCUT2D eigenvalue weighted by Crippen LogP contribution is -1.90. The number of hydrogen-bond donors (Lipinski definition) is 1. The topological polar surface area (TPSA) is 46.5 Å². The molecule has 88 valence electrons. The quantitative estimate of drug-likeness (QED) is 0.509. The molecule has 0 aromatic heterocycles. The summed E-state index contributed by atoms with van der Waals surface area (Å²) in [5.41, 5.74) is 1.42. The van der Waals surface area contributed by atoms with Gasteiger partial charge in [-0.3, -0.25) is 0 Å². The second-order valence-corrected chi connectivity index (χ2v) is 3.33. The number of aliphatic carboxylic acids is 1. The van der Waals surface area contributed by atoms with Gasteiger partial charge in [0.1, 0.15) is 5.75 Å². The minimum Gasteiger partial charge on any atom is -0.496 e. The first-order valence-corrected chi connectivity index (χ1v) is 5.34. The van der Waals surface area contributed by atoms with Gasteiger partial charge in [-0.05, 0) is 24.3 Å². The van der Waals surface area contributed by atoms with Crippen LogP contribution in [0.25, 0.3) is 6.08 Å². The number of methoxy groups -OCH3 is 1.